The first-order valence-corrected chi connectivity index (χ1v) is 14.3. The molecule has 1 aromatic heterocycles. The maximum absolute atomic E-state index is 14.0. The predicted molar refractivity (Wildman–Crippen MR) is 145 cm³/mol. The van der Waals surface area contributed by atoms with Crippen LogP contribution in [-0.2, 0) is 4.74 Å². The van der Waals surface area contributed by atoms with Gasteiger partial charge in [0.1, 0.15) is 17.5 Å². The molecule has 39 heavy (non-hydrogen) atoms. The van der Waals surface area contributed by atoms with Gasteiger partial charge in [-0.3, -0.25) is 9.59 Å². The summed E-state index contributed by atoms with van der Waals surface area (Å²) in [6, 6.07) is 7.15. The minimum absolute atomic E-state index is 0.0000301. The van der Waals surface area contributed by atoms with Gasteiger partial charge in [-0.05, 0) is 94.8 Å². The molecule has 2 saturated heterocycles. The van der Waals surface area contributed by atoms with E-state index in [1.165, 1.54) is 6.07 Å². The topological polar surface area (TPSA) is 74.8 Å². The quantitative estimate of drug-likeness (QED) is 0.498. The van der Waals surface area contributed by atoms with Crippen LogP contribution in [0, 0.1) is 23.5 Å². The van der Waals surface area contributed by atoms with Crippen LogP contribution in [0.3, 0.4) is 0 Å². The predicted octanol–water partition coefficient (Wildman–Crippen LogP) is 4.47. The Kier molecular flexibility index (Phi) is 9.19. The number of piperidine rings is 1. The fraction of sp³-hybridized carbons (Fsp3) is 0.567. The Bertz CT molecular complexity index is 1120. The lowest BCUT2D eigenvalue weighted by molar-refractivity contribution is 0.0828. The molecule has 1 aromatic carbocycles. The molecule has 5 rings (SSSR count). The normalized spacial score (nSPS) is 23.0. The van der Waals surface area contributed by atoms with Gasteiger partial charge in [0.25, 0.3) is 5.91 Å². The standard InChI is InChI=1S/C30H38F2N4O3/c31-24-4-7-26(27(32)19-24)29(37)22-10-13-35(14-11-22)12-9-21-1-5-25(6-2-21)34-30(38)23-3-8-28(33-20-23)36-15-17-39-18-16-36/h3-4,7-8,19-22,25H,1-2,5-6,9-18H2,(H,34,38). The zero-order valence-corrected chi connectivity index (χ0v) is 22.4. The van der Waals surface area contributed by atoms with Crippen LogP contribution < -0.4 is 10.2 Å². The molecule has 3 fully saturated rings. The first-order valence-electron chi connectivity index (χ1n) is 14.3. The van der Waals surface area contributed by atoms with Crippen molar-refractivity contribution in [3.05, 3.63) is 59.3 Å². The molecule has 1 amide bonds. The van der Waals surface area contributed by atoms with Crippen molar-refractivity contribution in [3.8, 4) is 0 Å². The largest absolute Gasteiger partial charge is 0.378 e. The van der Waals surface area contributed by atoms with Crippen LogP contribution in [0.1, 0.15) is 65.7 Å². The number of carbonyl (C=O) groups excluding carboxylic acids is 2. The molecule has 3 aliphatic rings. The van der Waals surface area contributed by atoms with E-state index in [0.29, 0.717) is 37.5 Å². The van der Waals surface area contributed by atoms with E-state index in [2.05, 4.69) is 20.1 Å². The highest BCUT2D eigenvalue weighted by molar-refractivity contribution is 5.98. The number of hydrogen-bond acceptors (Lipinski definition) is 6. The number of likely N-dealkylation sites (tertiary alicyclic amines) is 1. The number of nitrogens with one attached hydrogen (secondary N) is 1. The zero-order valence-electron chi connectivity index (χ0n) is 22.4. The summed E-state index contributed by atoms with van der Waals surface area (Å²) in [7, 11) is 0. The summed E-state index contributed by atoms with van der Waals surface area (Å²) in [6.45, 7) is 5.68. The number of benzene rings is 1. The lowest BCUT2D eigenvalue weighted by Crippen LogP contribution is -2.39. The average Bonchev–Trinajstić information content (AvgIpc) is 2.97. The number of Topliss-reactive ketones (excluding diaryl/α,β-unsaturated/α-hetero) is 1. The van der Waals surface area contributed by atoms with Gasteiger partial charge >= 0.3 is 0 Å². The molecule has 1 N–H and O–H groups in total. The number of hydrogen-bond donors (Lipinski definition) is 1. The summed E-state index contributed by atoms with van der Waals surface area (Å²) in [4.78, 5) is 34.5. The van der Waals surface area contributed by atoms with E-state index in [1.54, 1.807) is 6.20 Å². The summed E-state index contributed by atoms with van der Waals surface area (Å²) < 4.78 is 32.6. The molecule has 210 valence electrons. The molecule has 0 radical (unpaired) electrons. The Balaban J connectivity index is 0.993. The van der Waals surface area contributed by atoms with Gasteiger partial charge in [0.2, 0.25) is 0 Å². The maximum atomic E-state index is 14.0. The third-order valence-electron chi connectivity index (χ3n) is 8.54. The van der Waals surface area contributed by atoms with E-state index in [9.17, 15) is 18.4 Å². The molecule has 1 aliphatic carbocycles. The molecule has 0 unspecified atom stereocenters. The Morgan fingerprint density at radius 2 is 1.69 bits per heavy atom. The van der Waals surface area contributed by atoms with Gasteiger partial charge in [0.15, 0.2) is 5.78 Å². The molecule has 9 heteroatoms. The number of rotatable bonds is 8. The Morgan fingerprint density at radius 3 is 2.36 bits per heavy atom. The number of ketones is 1. The second-order valence-electron chi connectivity index (χ2n) is 11.1. The maximum Gasteiger partial charge on any atom is 0.253 e. The molecule has 0 bridgehead atoms. The van der Waals surface area contributed by atoms with E-state index >= 15 is 0 Å². The van der Waals surface area contributed by atoms with Crippen LogP contribution in [0.25, 0.3) is 0 Å². The number of halogens is 2. The SMILES string of the molecule is O=C(NC1CCC(CCN2CCC(C(=O)c3ccc(F)cc3F)CC2)CC1)c1ccc(N2CCOCC2)nc1. The van der Waals surface area contributed by atoms with Gasteiger partial charge in [0.05, 0.1) is 24.3 Å². The van der Waals surface area contributed by atoms with Gasteiger partial charge in [-0.2, -0.15) is 0 Å². The molecule has 1 saturated carbocycles. The molecule has 7 nitrogen and oxygen atoms in total. The van der Waals surface area contributed by atoms with Gasteiger partial charge < -0.3 is 19.9 Å². The average molecular weight is 541 g/mol. The van der Waals surface area contributed by atoms with E-state index < -0.39 is 11.6 Å². The van der Waals surface area contributed by atoms with Gasteiger partial charge in [-0.15, -0.1) is 0 Å². The summed E-state index contributed by atoms with van der Waals surface area (Å²) in [6.07, 6.45) is 8.34. The van der Waals surface area contributed by atoms with Crippen molar-refractivity contribution in [2.24, 2.45) is 11.8 Å². The third-order valence-corrected chi connectivity index (χ3v) is 8.54. The monoisotopic (exact) mass is 540 g/mol. The number of carbonyl (C=O) groups is 2. The van der Waals surface area contributed by atoms with E-state index in [4.69, 9.17) is 4.74 Å². The number of ether oxygens (including phenoxy) is 1. The number of aromatic nitrogens is 1. The lowest BCUT2D eigenvalue weighted by atomic mass is 9.83. The van der Waals surface area contributed by atoms with E-state index in [0.717, 1.165) is 82.8 Å². The van der Waals surface area contributed by atoms with Crippen LogP contribution in [0.2, 0.25) is 0 Å². The molecule has 3 heterocycles. The van der Waals surface area contributed by atoms with Crippen molar-refractivity contribution in [2.45, 2.75) is 51.0 Å². The molecule has 0 spiro atoms. The highest BCUT2D eigenvalue weighted by Crippen LogP contribution is 2.29. The lowest BCUT2D eigenvalue weighted by Gasteiger charge is -2.34. The zero-order chi connectivity index (χ0) is 27.2. The fourth-order valence-electron chi connectivity index (χ4n) is 6.06. The first kappa shape index (κ1) is 27.6. The van der Waals surface area contributed by atoms with Crippen LogP contribution in [-0.4, -0.2) is 73.6 Å². The van der Waals surface area contributed by atoms with Crippen LogP contribution >= 0.6 is 0 Å². The number of morpholine rings is 1. The Labute approximate surface area is 228 Å². The van der Waals surface area contributed by atoms with Gasteiger partial charge in [0, 0.05) is 37.3 Å². The number of nitrogens with zero attached hydrogens (tertiary/aromatic N) is 3. The summed E-state index contributed by atoms with van der Waals surface area (Å²) in [5, 5.41) is 3.19. The van der Waals surface area contributed by atoms with E-state index in [1.807, 2.05) is 12.1 Å². The number of pyridine rings is 1. The second-order valence-corrected chi connectivity index (χ2v) is 11.1. The van der Waals surface area contributed by atoms with Gasteiger partial charge in [-0.1, -0.05) is 0 Å². The fourth-order valence-corrected chi connectivity index (χ4v) is 6.06. The van der Waals surface area contributed by atoms with Crippen molar-refractivity contribution < 1.29 is 23.1 Å². The molecular weight excluding hydrogens is 502 g/mol. The molecular formula is C30H38F2N4O3. The van der Waals surface area contributed by atoms with E-state index in [-0.39, 0.29) is 29.2 Å². The Morgan fingerprint density at radius 1 is 0.949 bits per heavy atom. The summed E-state index contributed by atoms with van der Waals surface area (Å²) in [5.41, 5.74) is 0.596. The number of amides is 1. The molecule has 0 atom stereocenters. The highest BCUT2D eigenvalue weighted by Gasteiger charge is 2.29. The molecule has 2 aliphatic heterocycles. The Hall–Kier alpha value is -2.91. The third kappa shape index (κ3) is 7.19. The second kappa shape index (κ2) is 13.0. The van der Waals surface area contributed by atoms with Crippen molar-refractivity contribution in [2.75, 3.05) is 50.8 Å². The minimum Gasteiger partial charge on any atom is -0.378 e. The van der Waals surface area contributed by atoms with Crippen molar-refractivity contribution in [3.63, 3.8) is 0 Å². The van der Waals surface area contributed by atoms with Crippen molar-refractivity contribution in [1.29, 1.82) is 0 Å². The van der Waals surface area contributed by atoms with Crippen LogP contribution in [0.15, 0.2) is 36.5 Å². The summed E-state index contributed by atoms with van der Waals surface area (Å²) >= 11 is 0. The van der Waals surface area contributed by atoms with Crippen LogP contribution in [0.5, 0.6) is 0 Å². The smallest absolute Gasteiger partial charge is 0.253 e. The summed E-state index contributed by atoms with van der Waals surface area (Å²) in [5.74, 6) is -0.386. The van der Waals surface area contributed by atoms with Crippen molar-refractivity contribution in [1.82, 2.24) is 15.2 Å². The number of anilines is 1. The first-order chi connectivity index (χ1) is 19.0. The highest BCUT2D eigenvalue weighted by atomic mass is 19.1. The van der Waals surface area contributed by atoms with Crippen molar-refractivity contribution >= 4 is 17.5 Å². The molecule has 2 aromatic rings. The van der Waals surface area contributed by atoms with Gasteiger partial charge in [-0.25, -0.2) is 13.8 Å². The minimum atomic E-state index is -0.771. The van der Waals surface area contributed by atoms with Crippen LogP contribution in [0.4, 0.5) is 14.6 Å².